The summed E-state index contributed by atoms with van der Waals surface area (Å²) in [6.07, 6.45) is 5.62. The average molecular weight is 347 g/mol. The molecule has 1 aromatic heterocycles. The van der Waals surface area contributed by atoms with Crippen LogP contribution in [0.4, 0.5) is 5.82 Å². The number of nitrogen functional groups attached to an aromatic ring is 1. The second-order valence-corrected chi connectivity index (χ2v) is 6.34. The third kappa shape index (κ3) is 2.94. The molecular formula is C16H19BrN4. The van der Waals surface area contributed by atoms with E-state index < -0.39 is 0 Å². The second-order valence-electron chi connectivity index (χ2n) is 5.49. The SMILES string of the molecule is Cc1ccc(-c2nc3c(c(NN)n2)CCCCC3)cc1Br. The highest BCUT2D eigenvalue weighted by Gasteiger charge is 2.17. The number of nitrogens with zero attached hydrogens (tertiary/aromatic N) is 2. The lowest BCUT2D eigenvalue weighted by Gasteiger charge is -2.13. The summed E-state index contributed by atoms with van der Waals surface area (Å²) in [7, 11) is 0. The Bertz CT molecular complexity index is 670. The van der Waals surface area contributed by atoms with Crippen LogP contribution in [0.2, 0.25) is 0 Å². The smallest absolute Gasteiger partial charge is 0.161 e. The van der Waals surface area contributed by atoms with Crippen LogP contribution in [0.3, 0.4) is 0 Å². The van der Waals surface area contributed by atoms with Gasteiger partial charge in [0.2, 0.25) is 0 Å². The van der Waals surface area contributed by atoms with Crippen molar-refractivity contribution in [2.75, 3.05) is 5.43 Å². The number of aryl methyl sites for hydroxylation is 2. The van der Waals surface area contributed by atoms with Crippen LogP contribution in [0, 0.1) is 6.92 Å². The number of hydrogen-bond acceptors (Lipinski definition) is 4. The molecule has 1 aromatic carbocycles. The topological polar surface area (TPSA) is 63.8 Å². The van der Waals surface area contributed by atoms with E-state index in [1.54, 1.807) is 0 Å². The number of nitrogens with two attached hydrogens (primary N) is 1. The van der Waals surface area contributed by atoms with Gasteiger partial charge in [0.15, 0.2) is 5.82 Å². The number of benzene rings is 1. The summed E-state index contributed by atoms with van der Waals surface area (Å²) in [4.78, 5) is 9.41. The van der Waals surface area contributed by atoms with Gasteiger partial charge in [-0.25, -0.2) is 15.8 Å². The van der Waals surface area contributed by atoms with Gasteiger partial charge in [0, 0.05) is 21.3 Å². The molecule has 3 rings (SSSR count). The maximum absolute atomic E-state index is 5.68. The van der Waals surface area contributed by atoms with Gasteiger partial charge < -0.3 is 5.43 Å². The van der Waals surface area contributed by atoms with Gasteiger partial charge in [-0.3, -0.25) is 0 Å². The number of halogens is 1. The van der Waals surface area contributed by atoms with Crippen molar-refractivity contribution >= 4 is 21.7 Å². The molecule has 0 aliphatic heterocycles. The third-order valence-corrected chi connectivity index (χ3v) is 4.85. The number of anilines is 1. The Kier molecular flexibility index (Phi) is 4.22. The highest BCUT2D eigenvalue weighted by Crippen LogP contribution is 2.29. The van der Waals surface area contributed by atoms with Gasteiger partial charge in [0.1, 0.15) is 5.82 Å². The number of hydrazine groups is 1. The second kappa shape index (κ2) is 6.12. The zero-order valence-corrected chi connectivity index (χ0v) is 13.7. The van der Waals surface area contributed by atoms with Gasteiger partial charge in [-0.05, 0) is 44.2 Å². The van der Waals surface area contributed by atoms with E-state index in [-0.39, 0.29) is 0 Å². The molecule has 0 unspecified atom stereocenters. The van der Waals surface area contributed by atoms with Gasteiger partial charge in [0.25, 0.3) is 0 Å². The first-order valence-corrected chi connectivity index (χ1v) is 8.11. The Hall–Kier alpha value is -1.46. The van der Waals surface area contributed by atoms with Crippen molar-refractivity contribution in [2.24, 2.45) is 5.84 Å². The lowest BCUT2D eigenvalue weighted by molar-refractivity contribution is 0.709. The molecule has 1 aliphatic rings. The van der Waals surface area contributed by atoms with E-state index >= 15 is 0 Å². The maximum Gasteiger partial charge on any atom is 0.161 e. The van der Waals surface area contributed by atoms with Gasteiger partial charge in [-0.15, -0.1) is 0 Å². The normalized spacial score (nSPS) is 14.4. The van der Waals surface area contributed by atoms with Crippen molar-refractivity contribution in [1.82, 2.24) is 9.97 Å². The molecule has 2 aromatic rings. The van der Waals surface area contributed by atoms with E-state index in [9.17, 15) is 0 Å². The Morgan fingerprint density at radius 2 is 1.95 bits per heavy atom. The molecule has 1 heterocycles. The van der Waals surface area contributed by atoms with E-state index in [0.29, 0.717) is 0 Å². The number of nitrogens with one attached hydrogen (secondary N) is 1. The molecule has 3 N–H and O–H groups in total. The van der Waals surface area contributed by atoms with E-state index in [4.69, 9.17) is 10.8 Å². The quantitative estimate of drug-likeness (QED) is 0.493. The van der Waals surface area contributed by atoms with Gasteiger partial charge >= 0.3 is 0 Å². The number of hydrogen-bond donors (Lipinski definition) is 2. The van der Waals surface area contributed by atoms with Crippen LogP contribution < -0.4 is 11.3 Å². The van der Waals surface area contributed by atoms with Crippen molar-refractivity contribution < 1.29 is 0 Å². The summed E-state index contributed by atoms with van der Waals surface area (Å²) in [5.74, 6) is 7.19. The molecule has 0 bridgehead atoms. The maximum atomic E-state index is 5.68. The predicted octanol–water partition coefficient (Wildman–Crippen LogP) is 3.77. The minimum atomic E-state index is 0.740. The molecule has 0 saturated heterocycles. The van der Waals surface area contributed by atoms with E-state index in [0.717, 1.165) is 40.2 Å². The zero-order chi connectivity index (χ0) is 14.8. The van der Waals surface area contributed by atoms with E-state index in [1.165, 1.54) is 30.4 Å². The lowest BCUT2D eigenvalue weighted by atomic mass is 10.1. The first kappa shape index (κ1) is 14.5. The largest absolute Gasteiger partial charge is 0.308 e. The van der Waals surface area contributed by atoms with Crippen molar-refractivity contribution in [1.29, 1.82) is 0 Å². The molecule has 5 heteroatoms. The minimum absolute atomic E-state index is 0.740. The highest BCUT2D eigenvalue weighted by molar-refractivity contribution is 9.10. The summed E-state index contributed by atoms with van der Waals surface area (Å²) in [5.41, 5.74) is 7.29. The number of aromatic nitrogens is 2. The summed E-state index contributed by atoms with van der Waals surface area (Å²) < 4.78 is 1.07. The Morgan fingerprint density at radius 3 is 2.71 bits per heavy atom. The molecule has 1 aliphatic carbocycles. The summed E-state index contributed by atoms with van der Waals surface area (Å²) >= 11 is 3.57. The van der Waals surface area contributed by atoms with Crippen molar-refractivity contribution in [3.8, 4) is 11.4 Å². The lowest BCUT2D eigenvalue weighted by Crippen LogP contribution is -2.14. The molecular weight excluding hydrogens is 328 g/mol. The number of fused-ring (bicyclic) bond motifs is 1. The third-order valence-electron chi connectivity index (χ3n) is 4.00. The van der Waals surface area contributed by atoms with Crippen LogP contribution in [-0.2, 0) is 12.8 Å². The summed E-state index contributed by atoms with van der Waals surface area (Å²) in [6, 6.07) is 6.19. The van der Waals surface area contributed by atoms with E-state index in [2.05, 4.69) is 51.5 Å². The molecule has 0 radical (unpaired) electrons. The molecule has 0 saturated carbocycles. The van der Waals surface area contributed by atoms with Crippen molar-refractivity contribution in [3.05, 3.63) is 39.5 Å². The van der Waals surface area contributed by atoms with Crippen LogP contribution in [0.15, 0.2) is 22.7 Å². The fourth-order valence-electron chi connectivity index (χ4n) is 2.75. The highest BCUT2D eigenvalue weighted by atomic mass is 79.9. The van der Waals surface area contributed by atoms with Gasteiger partial charge in [0.05, 0.1) is 0 Å². The Morgan fingerprint density at radius 1 is 1.14 bits per heavy atom. The molecule has 110 valence electrons. The first-order chi connectivity index (χ1) is 10.2. The first-order valence-electron chi connectivity index (χ1n) is 7.32. The van der Waals surface area contributed by atoms with Crippen molar-refractivity contribution in [2.45, 2.75) is 39.0 Å². The summed E-state index contributed by atoms with van der Waals surface area (Å²) in [6.45, 7) is 2.07. The molecule has 0 atom stereocenters. The molecule has 0 amide bonds. The Labute approximate surface area is 133 Å². The molecule has 21 heavy (non-hydrogen) atoms. The van der Waals surface area contributed by atoms with Gasteiger partial charge in [-0.1, -0.05) is 34.5 Å². The number of rotatable bonds is 2. The Balaban J connectivity index is 2.10. The van der Waals surface area contributed by atoms with Crippen LogP contribution in [0.5, 0.6) is 0 Å². The predicted molar refractivity (Wildman–Crippen MR) is 89.0 cm³/mol. The van der Waals surface area contributed by atoms with Crippen LogP contribution in [0.1, 0.15) is 36.1 Å². The van der Waals surface area contributed by atoms with Crippen LogP contribution in [-0.4, -0.2) is 9.97 Å². The summed E-state index contributed by atoms with van der Waals surface area (Å²) in [5, 5.41) is 0. The van der Waals surface area contributed by atoms with Crippen LogP contribution in [0.25, 0.3) is 11.4 Å². The van der Waals surface area contributed by atoms with Crippen molar-refractivity contribution in [3.63, 3.8) is 0 Å². The molecule has 0 spiro atoms. The molecule has 0 fully saturated rings. The minimum Gasteiger partial charge on any atom is -0.308 e. The fourth-order valence-corrected chi connectivity index (χ4v) is 3.13. The average Bonchev–Trinajstić information content (AvgIpc) is 2.74. The van der Waals surface area contributed by atoms with Gasteiger partial charge in [-0.2, -0.15) is 0 Å². The monoisotopic (exact) mass is 346 g/mol. The zero-order valence-electron chi connectivity index (χ0n) is 12.1. The molecule has 4 nitrogen and oxygen atoms in total. The fraction of sp³-hybridized carbons (Fsp3) is 0.375. The van der Waals surface area contributed by atoms with Crippen LogP contribution >= 0.6 is 15.9 Å². The standard InChI is InChI=1S/C16H19BrN4/c1-10-7-8-11(9-13(10)17)15-19-14-6-4-2-3-5-12(14)16(20-15)21-18/h7-9H,2-6,18H2,1H3,(H,19,20,21). The van der Waals surface area contributed by atoms with E-state index in [1.807, 2.05) is 0 Å².